The Morgan fingerprint density at radius 2 is 1.96 bits per heavy atom. The van der Waals surface area contributed by atoms with E-state index in [1.807, 2.05) is 35.2 Å². The third kappa shape index (κ3) is 3.62. The Morgan fingerprint density at radius 1 is 1.26 bits per heavy atom. The first kappa shape index (κ1) is 15.7. The predicted octanol–water partition coefficient (Wildman–Crippen LogP) is 2.68. The largest absolute Gasteiger partial charge is 0.338 e. The van der Waals surface area contributed by atoms with E-state index in [0.29, 0.717) is 17.6 Å². The number of likely N-dealkylation sites (tertiary alicyclic amines) is 1. The zero-order valence-corrected chi connectivity index (χ0v) is 13.7. The van der Waals surface area contributed by atoms with Crippen LogP contribution in [-0.2, 0) is 0 Å². The lowest BCUT2D eigenvalue weighted by Gasteiger charge is -2.33. The minimum atomic E-state index is 0.0700. The molecule has 0 aliphatic carbocycles. The first-order valence-electron chi connectivity index (χ1n) is 8.29. The summed E-state index contributed by atoms with van der Waals surface area (Å²) in [6.07, 6.45) is 3.65. The van der Waals surface area contributed by atoms with Gasteiger partial charge in [0.05, 0.1) is 17.5 Å². The molecule has 0 spiro atoms. The van der Waals surface area contributed by atoms with Gasteiger partial charge in [0.2, 0.25) is 0 Å². The molecule has 3 rings (SSSR count). The molecule has 1 aliphatic heterocycles. The smallest absolute Gasteiger partial charge is 0.257 e. The summed E-state index contributed by atoms with van der Waals surface area (Å²) in [5, 5.41) is 10.6. The van der Waals surface area contributed by atoms with Crippen LogP contribution in [0.4, 0.5) is 0 Å². The summed E-state index contributed by atoms with van der Waals surface area (Å²) >= 11 is 0. The Labute approximate surface area is 137 Å². The molecule has 122 valence electrons. The molecular formula is C18H24N4O. The minimum absolute atomic E-state index is 0.0700. The number of aromatic amines is 1. The average Bonchev–Trinajstić information content (AvgIpc) is 3.05. The molecule has 2 N–H and O–H groups in total. The van der Waals surface area contributed by atoms with Gasteiger partial charge in [-0.15, -0.1) is 0 Å². The van der Waals surface area contributed by atoms with Crippen molar-refractivity contribution in [3.05, 3.63) is 42.1 Å². The fourth-order valence-electron chi connectivity index (χ4n) is 3.16. The number of rotatable bonds is 4. The molecule has 5 heteroatoms. The number of aromatic nitrogens is 2. The van der Waals surface area contributed by atoms with Crippen molar-refractivity contribution in [3.8, 4) is 11.3 Å². The Morgan fingerprint density at radius 3 is 2.61 bits per heavy atom. The average molecular weight is 312 g/mol. The van der Waals surface area contributed by atoms with Gasteiger partial charge >= 0.3 is 0 Å². The molecule has 0 unspecified atom stereocenters. The maximum Gasteiger partial charge on any atom is 0.257 e. The summed E-state index contributed by atoms with van der Waals surface area (Å²) in [6, 6.07) is 10.9. The van der Waals surface area contributed by atoms with E-state index in [0.717, 1.165) is 37.2 Å². The lowest BCUT2D eigenvalue weighted by molar-refractivity contribution is 0.0704. The van der Waals surface area contributed by atoms with Crippen LogP contribution in [-0.4, -0.2) is 46.2 Å². The summed E-state index contributed by atoms with van der Waals surface area (Å²) in [6.45, 7) is 5.91. The highest BCUT2D eigenvalue weighted by Crippen LogP contribution is 2.23. The number of carbonyl (C=O) groups is 1. The van der Waals surface area contributed by atoms with Crippen LogP contribution in [0.2, 0.25) is 0 Å². The number of nitrogens with one attached hydrogen (secondary N) is 2. The van der Waals surface area contributed by atoms with Crippen LogP contribution in [0.5, 0.6) is 0 Å². The van der Waals surface area contributed by atoms with Gasteiger partial charge in [-0.1, -0.05) is 44.2 Å². The van der Waals surface area contributed by atoms with Gasteiger partial charge in [0, 0.05) is 30.7 Å². The Hall–Kier alpha value is -2.14. The molecule has 5 nitrogen and oxygen atoms in total. The molecule has 1 fully saturated rings. The molecule has 0 radical (unpaired) electrons. The van der Waals surface area contributed by atoms with Gasteiger partial charge in [-0.05, 0) is 12.8 Å². The van der Waals surface area contributed by atoms with Crippen LogP contribution in [0.3, 0.4) is 0 Å². The fourth-order valence-corrected chi connectivity index (χ4v) is 3.16. The SMILES string of the molecule is CC(C)NC1CCN(C(=O)c2cn[nH]c2-c2ccccc2)CC1. The van der Waals surface area contributed by atoms with Crippen LogP contribution in [0.1, 0.15) is 37.0 Å². The minimum Gasteiger partial charge on any atom is -0.338 e. The summed E-state index contributed by atoms with van der Waals surface area (Å²) < 4.78 is 0. The van der Waals surface area contributed by atoms with Gasteiger partial charge < -0.3 is 10.2 Å². The maximum atomic E-state index is 12.8. The van der Waals surface area contributed by atoms with E-state index in [2.05, 4.69) is 29.4 Å². The molecule has 1 amide bonds. The summed E-state index contributed by atoms with van der Waals surface area (Å²) in [5.41, 5.74) is 2.45. The van der Waals surface area contributed by atoms with E-state index in [1.54, 1.807) is 6.20 Å². The molecule has 2 aromatic rings. The van der Waals surface area contributed by atoms with Gasteiger partial charge in [-0.25, -0.2) is 0 Å². The first-order valence-corrected chi connectivity index (χ1v) is 8.29. The van der Waals surface area contributed by atoms with Gasteiger partial charge in [0.1, 0.15) is 0 Å². The molecule has 0 bridgehead atoms. The van der Waals surface area contributed by atoms with E-state index in [4.69, 9.17) is 0 Å². The molecule has 1 saturated heterocycles. The number of hydrogen-bond donors (Lipinski definition) is 2. The fraction of sp³-hybridized carbons (Fsp3) is 0.444. The van der Waals surface area contributed by atoms with Crippen LogP contribution >= 0.6 is 0 Å². The van der Waals surface area contributed by atoms with Crippen molar-refractivity contribution in [2.24, 2.45) is 0 Å². The zero-order chi connectivity index (χ0) is 16.2. The number of piperidine rings is 1. The van der Waals surface area contributed by atoms with E-state index >= 15 is 0 Å². The summed E-state index contributed by atoms with van der Waals surface area (Å²) in [7, 11) is 0. The highest BCUT2D eigenvalue weighted by Gasteiger charge is 2.26. The van der Waals surface area contributed by atoms with Crippen molar-refractivity contribution in [1.82, 2.24) is 20.4 Å². The summed E-state index contributed by atoms with van der Waals surface area (Å²) in [5.74, 6) is 0.0700. The van der Waals surface area contributed by atoms with Crippen LogP contribution < -0.4 is 5.32 Å². The number of nitrogens with zero attached hydrogens (tertiary/aromatic N) is 2. The van der Waals surface area contributed by atoms with Gasteiger partial charge in [0.15, 0.2) is 0 Å². The molecular weight excluding hydrogens is 288 g/mol. The lowest BCUT2D eigenvalue weighted by Crippen LogP contribution is -2.46. The highest BCUT2D eigenvalue weighted by atomic mass is 16.2. The van der Waals surface area contributed by atoms with Gasteiger partial charge in [0.25, 0.3) is 5.91 Å². The number of benzene rings is 1. The van der Waals surface area contributed by atoms with E-state index in [1.165, 1.54) is 0 Å². The normalized spacial score (nSPS) is 16.0. The summed E-state index contributed by atoms with van der Waals surface area (Å²) in [4.78, 5) is 14.8. The third-order valence-corrected chi connectivity index (χ3v) is 4.28. The van der Waals surface area contributed by atoms with Crippen molar-refractivity contribution in [3.63, 3.8) is 0 Å². The number of carbonyl (C=O) groups excluding carboxylic acids is 1. The van der Waals surface area contributed by atoms with Crippen LogP contribution in [0.25, 0.3) is 11.3 Å². The second kappa shape index (κ2) is 6.96. The van der Waals surface area contributed by atoms with Crippen molar-refractivity contribution >= 4 is 5.91 Å². The molecule has 1 aliphatic rings. The molecule has 23 heavy (non-hydrogen) atoms. The van der Waals surface area contributed by atoms with E-state index in [9.17, 15) is 4.79 Å². The topological polar surface area (TPSA) is 61.0 Å². The van der Waals surface area contributed by atoms with Crippen LogP contribution in [0.15, 0.2) is 36.5 Å². The number of H-pyrrole nitrogens is 1. The number of hydrogen-bond acceptors (Lipinski definition) is 3. The zero-order valence-electron chi connectivity index (χ0n) is 13.7. The van der Waals surface area contributed by atoms with Crippen molar-refractivity contribution in [2.45, 2.75) is 38.8 Å². The molecule has 2 heterocycles. The number of amides is 1. The Bertz CT molecular complexity index is 642. The lowest BCUT2D eigenvalue weighted by atomic mass is 10.0. The molecule has 0 saturated carbocycles. The van der Waals surface area contributed by atoms with Gasteiger partial charge in [-0.3, -0.25) is 9.89 Å². The second-order valence-corrected chi connectivity index (χ2v) is 6.41. The van der Waals surface area contributed by atoms with Crippen molar-refractivity contribution < 1.29 is 4.79 Å². The van der Waals surface area contributed by atoms with Crippen molar-refractivity contribution in [1.29, 1.82) is 0 Å². The van der Waals surface area contributed by atoms with Crippen LogP contribution in [0, 0.1) is 0 Å². The quantitative estimate of drug-likeness (QED) is 0.912. The van der Waals surface area contributed by atoms with E-state index < -0.39 is 0 Å². The van der Waals surface area contributed by atoms with Crippen molar-refractivity contribution in [2.75, 3.05) is 13.1 Å². The predicted molar refractivity (Wildman–Crippen MR) is 91.2 cm³/mol. The first-order chi connectivity index (χ1) is 11.1. The Balaban J connectivity index is 1.70. The van der Waals surface area contributed by atoms with Gasteiger partial charge in [-0.2, -0.15) is 5.10 Å². The van der Waals surface area contributed by atoms with E-state index in [-0.39, 0.29) is 5.91 Å². The third-order valence-electron chi connectivity index (χ3n) is 4.28. The molecule has 1 aromatic carbocycles. The standard InChI is InChI=1S/C18H24N4O/c1-13(2)20-15-8-10-22(11-9-15)18(23)16-12-19-21-17(16)14-6-4-3-5-7-14/h3-7,12-13,15,20H,8-11H2,1-2H3,(H,19,21). The highest BCUT2D eigenvalue weighted by molar-refractivity contribution is 5.99. The maximum absolute atomic E-state index is 12.8. The second-order valence-electron chi connectivity index (χ2n) is 6.41. The monoisotopic (exact) mass is 312 g/mol. The Kier molecular flexibility index (Phi) is 4.76. The molecule has 0 atom stereocenters. The molecule has 1 aromatic heterocycles.